The lowest BCUT2D eigenvalue weighted by Gasteiger charge is -2.23. The number of non-ortho nitro benzene ring substituents is 1. The summed E-state index contributed by atoms with van der Waals surface area (Å²) in [5.41, 5.74) is 1.34. The maximum absolute atomic E-state index is 12.0. The zero-order valence-electron chi connectivity index (χ0n) is 19.7. The number of rotatable bonds is 12. The second-order valence-corrected chi connectivity index (χ2v) is 7.50. The number of nitriles is 2. The number of carbonyl (C=O) groups excluding carboxylic acids is 1. The lowest BCUT2D eigenvalue weighted by Crippen LogP contribution is -2.30. The average molecular weight is 498 g/mol. The van der Waals surface area contributed by atoms with E-state index in [1.807, 2.05) is 17.0 Å². The van der Waals surface area contributed by atoms with Crippen LogP contribution in [0.15, 0.2) is 83.0 Å². The van der Waals surface area contributed by atoms with Crippen LogP contribution in [0.25, 0.3) is 0 Å². The highest BCUT2D eigenvalue weighted by molar-refractivity contribution is 5.71. The number of carbonyl (C=O) groups is 1. The topological polar surface area (TPSA) is 154 Å². The van der Waals surface area contributed by atoms with Crippen LogP contribution in [0.2, 0.25) is 0 Å². The number of hydrogen-bond acceptors (Lipinski definition) is 10. The van der Waals surface area contributed by atoms with Gasteiger partial charge in [0.2, 0.25) is 0 Å². The third-order valence-electron chi connectivity index (χ3n) is 5.02. The Bertz CT molecular complexity index is 1330. The van der Waals surface area contributed by atoms with Crippen molar-refractivity contribution in [3.05, 3.63) is 88.5 Å². The molecule has 3 rings (SSSR count). The highest BCUT2D eigenvalue weighted by Gasteiger charge is 2.11. The molecule has 0 saturated carbocycles. The zero-order valence-corrected chi connectivity index (χ0v) is 19.7. The van der Waals surface area contributed by atoms with Gasteiger partial charge in [-0.3, -0.25) is 10.1 Å². The van der Waals surface area contributed by atoms with E-state index in [4.69, 9.17) is 14.7 Å². The fourth-order valence-corrected chi connectivity index (χ4v) is 3.18. The highest BCUT2D eigenvalue weighted by Crippen LogP contribution is 2.27. The Morgan fingerprint density at radius 3 is 2.43 bits per heavy atom. The van der Waals surface area contributed by atoms with Gasteiger partial charge in [-0.25, -0.2) is 4.79 Å². The van der Waals surface area contributed by atoms with Crippen LogP contribution in [0.3, 0.4) is 0 Å². The Kier molecular flexibility index (Phi) is 9.65. The fourth-order valence-electron chi connectivity index (χ4n) is 3.18. The molecular weight excluding hydrogens is 476 g/mol. The van der Waals surface area contributed by atoms with Crippen LogP contribution < -0.4 is 9.64 Å². The fraction of sp³-hybridized carbons (Fsp3) is 0.192. The van der Waals surface area contributed by atoms with E-state index < -0.39 is 10.9 Å². The minimum atomic E-state index is -0.585. The van der Waals surface area contributed by atoms with E-state index in [1.165, 1.54) is 12.1 Å². The van der Waals surface area contributed by atoms with Crippen molar-refractivity contribution in [1.29, 1.82) is 10.5 Å². The van der Waals surface area contributed by atoms with E-state index in [9.17, 15) is 20.2 Å². The van der Waals surface area contributed by atoms with Gasteiger partial charge in [-0.05, 0) is 42.5 Å². The van der Waals surface area contributed by atoms with Crippen LogP contribution >= 0.6 is 0 Å². The number of nitro groups is 1. The van der Waals surface area contributed by atoms with Crippen LogP contribution in [0.5, 0.6) is 5.75 Å². The standard InChI is InChI=1S/C26H22N6O5/c27-13-4-14-31(15-16-36-26(33)19-37-24-5-2-1-3-6-24)22-9-7-21(8-10-22)29-30-25-12-11-23(32(34)35)17-20(25)18-28/h1-3,5-12,17H,4,14-16,19H2/b30-29+. The van der Waals surface area contributed by atoms with Crippen molar-refractivity contribution in [3.8, 4) is 17.9 Å². The van der Waals surface area contributed by atoms with Crippen molar-refractivity contribution in [2.45, 2.75) is 6.42 Å². The SMILES string of the molecule is N#CCCN(CCOC(=O)COc1ccccc1)c1ccc(/N=N/c2ccc([N+](=O)[O-])cc2C#N)cc1. The van der Waals surface area contributed by atoms with Crippen molar-refractivity contribution < 1.29 is 19.2 Å². The van der Waals surface area contributed by atoms with E-state index >= 15 is 0 Å². The number of anilines is 1. The quantitative estimate of drug-likeness (QED) is 0.142. The summed E-state index contributed by atoms with van der Waals surface area (Å²) < 4.78 is 10.6. The molecule has 3 aromatic rings. The third kappa shape index (κ3) is 8.16. The first-order valence-electron chi connectivity index (χ1n) is 11.2. The molecule has 3 aromatic carbocycles. The number of azo groups is 1. The number of nitro benzene ring substituents is 1. The molecule has 0 aromatic heterocycles. The van der Waals surface area contributed by atoms with Gasteiger partial charge in [-0.15, -0.1) is 5.11 Å². The minimum absolute atomic E-state index is 0.0426. The van der Waals surface area contributed by atoms with Crippen LogP contribution in [0.1, 0.15) is 12.0 Å². The Balaban J connectivity index is 1.58. The van der Waals surface area contributed by atoms with Gasteiger partial charge in [0.05, 0.1) is 35.2 Å². The second kappa shape index (κ2) is 13.6. The van der Waals surface area contributed by atoms with Crippen molar-refractivity contribution in [3.63, 3.8) is 0 Å². The smallest absolute Gasteiger partial charge is 0.344 e. The van der Waals surface area contributed by atoms with Gasteiger partial charge >= 0.3 is 5.97 Å². The molecule has 0 bridgehead atoms. The molecule has 0 fully saturated rings. The molecule has 0 heterocycles. The molecule has 11 heteroatoms. The molecule has 0 spiro atoms. The Labute approximate surface area is 212 Å². The van der Waals surface area contributed by atoms with Crippen LogP contribution in [-0.2, 0) is 9.53 Å². The minimum Gasteiger partial charge on any atom is -0.482 e. The highest BCUT2D eigenvalue weighted by atomic mass is 16.6. The first-order valence-corrected chi connectivity index (χ1v) is 11.2. The van der Waals surface area contributed by atoms with Gasteiger partial charge in [0.15, 0.2) is 6.61 Å². The molecule has 0 aliphatic heterocycles. The van der Waals surface area contributed by atoms with Crippen LogP contribution in [0.4, 0.5) is 22.7 Å². The molecule has 0 aliphatic carbocycles. The number of hydrogen-bond donors (Lipinski definition) is 0. The molecule has 186 valence electrons. The van der Waals surface area contributed by atoms with Gasteiger partial charge in [0.25, 0.3) is 5.69 Å². The van der Waals surface area contributed by atoms with Crippen molar-refractivity contribution in [1.82, 2.24) is 0 Å². The van der Waals surface area contributed by atoms with E-state index in [-0.39, 0.29) is 36.6 Å². The van der Waals surface area contributed by atoms with Crippen LogP contribution in [-0.4, -0.2) is 37.2 Å². The first kappa shape index (κ1) is 26.3. The molecule has 0 aliphatic rings. The summed E-state index contributed by atoms with van der Waals surface area (Å²) in [6, 6.07) is 23.7. The molecular formula is C26H22N6O5. The maximum atomic E-state index is 12.0. The molecule has 0 radical (unpaired) electrons. The predicted octanol–water partition coefficient (Wildman–Crippen LogP) is 5.22. The van der Waals surface area contributed by atoms with Crippen molar-refractivity contribution >= 4 is 28.7 Å². The molecule has 11 nitrogen and oxygen atoms in total. The number of nitrogens with zero attached hydrogens (tertiary/aromatic N) is 6. The summed E-state index contributed by atoms with van der Waals surface area (Å²) in [4.78, 5) is 24.2. The Morgan fingerprint density at radius 2 is 1.76 bits per heavy atom. The zero-order chi connectivity index (χ0) is 26.5. The number of esters is 1. The summed E-state index contributed by atoms with van der Waals surface area (Å²) in [6.45, 7) is 0.711. The lowest BCUT2D eigenvalue weighted by atomic mass is 10.2. The normalized spacial score (nSPS) is 10.3. The molecule has 0 saturated heterocycles. The Morgan fingerprint density at radius 1 is 1.00 bits per heavy atom. The largest absolute Gasteiger partial charge is 0.482 e. The molecule has 0 N–H and O–H groups in total. The lowest BCUT2D eigenvalue weighted by molar-refractivity contribution is -0.384. The van der Waals surface area contributed by atoms with Gasteiger partial charge in [-0.1, -0.05) is 18.2 Å². The predicted molar refractivity (Wildman–Crippen MR) is 134 cm³/mol. The van der Waals surface area contributed by atoms with Gasteiger partial charge in [-0.2, -0.15) is 15.6 Å². The molecule has 0 amide bonds. The van der Waals surface area contributed by atoms with Crippen molar-refractivity contribution in [2.75, 3.05) is 31.2 Å². The van der Waals surface area contributed by atoms with Crippen LogP contribution in [0, 0.1) is 32.8 Å². The maximum Gasteiger partial charge on any atom is 0.344 e. The molecule has 0 unspecified atom stereocenters. The molecule has 37 heavy (non-hydrogen) atoms. The monoisotopic (exact) mass is 498 g/mol. The van der Waals surface area contributed by atoms with Gasteiger partial charge in [0.1, 0.15) is 24.1 Å². The van der Waals surface area contributed by atoms with E-state index in [1.54, 1.807) is 48.5 Å². The third-order valence-corrected chi connectivity index (χ3v) is 5.02. The van der Waals surface area contributed by atoms with Gasteiger partial charge < -0.3 is 14.4 Å². The average Bonchev–Trinajstić information content (AvgIpc) is 2.93. The molecule has 0 atom stereocenters. The summed E-state index contributed by atoms with van der Waals surface area (Å²) >= 11 is 0. The summed E-state index contributed by atoms with van der Waals surface area (Å²) in [6.07, 6.45) is 0.281. The van der Waals surface area contributed by atoms with E-state index in [0.29, 0.717) is 24.5 Å². The summed E-state index contributed by atoms with van der Waals surface area (Å²) in [5.74, 6) is 0.0765. The second-order valence-electron chi connectivity index (χ2n) is 7.50. The van der Waals surface area contributed by atoms with Crippen molar-refractivity contribution in [2.24, 2.45) is 10.2 Å². The Hall–Kier alpha value is -5.29. The number of para-hydroxylation sites is 1. The van der Waals surface area contributed by atoms with E-state index in [2.05, 4.69) is 16.3 Å². The number of benzene rings is 3. The van der Waals surface area contributed by atoms with Gasteiger partial charge in [0, 0.05) is 24.4 Å². The summed E-state index contributed by atoms with van der Waals surface area (Å²) in [5, 5.41) is 37.3. The number of ether oxygens (including phenoxy) is 2. The van der Waals surface area contributed by atoms with E-state index in [0.717, 1.165) is 11.8 Å². The summed E-state index contributed by atoms with van der Waals surface area (Å²) in [7, 11) is 0. The first-order chi connectivity index (χ1) is 18.0.